The van der Waals surface area contributed by atoms with E-state index in [2.05, 4.69) is 23.4 Å². The Bertz CT molecular complexity index is 848. The number of hydrogen-bond donors (Lipinski definition) is 0. The maximum Gasteiger partial charge on any atom is 0.417 e. The predicted octanol–water partition coefficient (Wildman–Crippen LogP) is 4.06. The average Bonchev–Trinajstić information content (AvgIpc) is 2.95. The molecule has 0 spiro atoms. The molecule has 3 rings (SSSR count). The van der Waals surface area contributed by atoms with Crippen molar-refractivity contribution in [2.75, 3.05) is 31.1 Å². The molecule has 1 saturated heterocycles. The highest BCUT2D eigenvalue weighted by Gasteiger charge is 2.31. The fourth-order valence-corrected chi connectivity index (χ4v) is 3.84. The van der Waals surface area contributed by atoms with E-state index in [4.69, 9.17) is 0 Å². The molecule has 3 heterocycles. The minimum Gasteiger partial charge on any atom is -0.353 e. The molecule has 28 heavy (non-hydrogen) atoms. The SMILES string of the molecule is Cc1cc(C(=O)N2CCN(c3ccc(C(F)(F)F)cn3)CC2)c(C)n1C(C)C. The number of halogens is 3. The van der Waals surface area contributed by atoms with Crippen molar-refractivity contribution >= 4 is 11.7 Å². The molecule has 152 valence electrons. The smallest absolute Gasteiger partial charge is 0.353 e. The number of piperazine rings is 1. The molecule has 0 radical (unpaired) electrons. The van der Waals surface area contributed by atoms with E-state index in [9.17, 15) is 18.0 Å². The Hall–Kier alpha value is -2.51. The summed E-state index contributed by atoms with van der Waals surface area (Å²) in [5, 5.41) is 0. The molecule has 0 saturated carbocycles. The molecule has 0 atom stereocenters. The van der Waals surface area contributed by atoms with Gasteiger partial charge in [-0.15, -0.1) is 0 Å². The number of aryl methyl sites for hydroxylation is 1. The second-order valence-electron chi connectivity index (χ2n) is 7.43. The molecule has 0 unspecified atom stereocenters. The summed E-state index contributed by atoms with van der Waals surface area (Å²) in [4.78, 5) is 20.6. The Balaban J connectivity index is 1.67. The van der Waals surface area contributed by atoms with Crippen molar-refractivity contribution in [3.63, 3.8) is 0 Å². The van der Waals surface area contributed by atoms with Gasteiger partial charge in [0, 0.05) is 49.8 Å². The summed E-state index contributed by atoms with van der Waals surface area (Å²) >= 11 is 0. The fraction of sp³-hybridized carbons (Fsp3) is 0.500. The number of carbonyl (C=O) groups excluding carboxylic acids is 1. The second-order valence-corrected chi connectivity index (χ2v) is 7.43. The number of aromatic nitrogens is 2. The van der Waals surface area contributed by atoms with E-state index in [1.54, 1.807) is 4.90 Å². The van der Waals surface area contributed by atoms with Gasteiger partial charge in [0.05, 0.1) is 11.1 Å². The maximum atomic E-state index is 13.0. The first kappa shape index (κ1) is 20.2. The molecule has 1 aliphatic rings. The highest BCUT2D eigenvalue weighted by atomic mass is 19.4. The molecular weight excluding hydrogens is 369 g/mol. The van der Waals surface area contributed by atoms with Crippen LogP contribution in [0.15, 0.2) is 24.4 Å². The number of nitrogens with zero attached hydrogens (tertiary/aromatic N) is 4. The van der Waals surface area contributed by atoms with E-state index >= 15 is 0 Å². The molecule has 1 amide bonds. The van der Waals surface area contributed by atoms with Gasteiger partial charge in [0.15, 0.2) is 0 Å². The molecule has 2 aromatic heterocycles. The van der Waals surface area contributed by atoms with Crippen LogP contribution in [0.2, 0.25) is 0 Å². The van der Waals surface area contributed by atoms with Crippen LogP contribution in [0, 0.1) is 13.8 Å². The molecule has 0 bridgehead atoms. The van der Waals surface area contributed by atoms with Crippen LogP contribution < -0.4 is 4.90 Å². The van der Waals surface area contributed by atoms with Crippen LogP contribution in [0.5, 0.6) is 0 Å². The first-order valence-electron chi connectivity index (χ1n) is 9.35. The molecule has 0 aromatic carbocycles. The Morgan fingerprint density at radius 2 is 1.75 bits per heavy atom. The monoisotopic (exact) mass is 394 g/mol. The molecule has 8 heteroatoms. The zero-order chi connectivity index (χ0) is 20.6. The highest BCUT2D eigenvalue weighted by molar-refractivity contribution is 5.96. The van der Waals surface area contributed by atoms with Crippen molar-refractivity contribution in [3.05, 3.63) is 46.9 Å². The van der Waals surface area contributed by atoms with Gasteiger partial charge in [-0.25, -0.2) is 4.98 Å². The molecular formula is C20H25F3N4O. The summed E-state index contributed by atoms with van der Waals surface area (Å²) in [5.74, 6) is 0.498. The first-order valence-corrected chi connectivity index (χ1v) is 9.35. The summed E-state index contributed by atoms with van der Waals surface area (Å²) in [5.41, 5.74) is 1.98. The first-order chi connectivity index (χ1) is 13.1. The van der Waals surface area contributed by atoms with E-state index < -0.39 is 11.7 Å². The van der Waals surface area contributed by atoms with Gasteiger partial charge in [0.2, 0.25) is 0 Å². The third-order valence-corrected chi connectivity index (χ3v) is 5.20. The van der Waals surface area contributed by atoms with Crippen molar-refractivity contribution in [1.29, 1.82) is 0 Å². The molecule has 1 fully saturated rings. The molecule has 1 aliphatic heterocycles. The van der Waals surface area contributed by atoms with Crippen LogP contribution in [-0.4, -0.2) is 46.5 Å². The number of rotatable bonds is 3. The molecule has 5 nitrogen and oxygen atoms in total. The number of pyridine rings is 1. The molecule has 2 aromatic rings. The van der Waals surface area contributed by atoms with Gasteiger partial charge in [0.25, 0.3) is 5.91 Å². The largest absolute Gasteiger partial charge is 0.417 e. The lowest BCUT2D eigenvalue weighted by molar-refractivity contribution is -0.137. The molecule has 0 aliphatic carbocycles. The summed E-state index contributed by atoms with van der Waals surface area (Å²) < 4.78 is 40.2. The third kappa shape index (κ3) is 3.86. The van der Waals surface area contributed by atoms with E-state index in [0.717, 1.165) is 23.7 Å². The standard InChI is InChI=1S/C20H25F3N4O/c1-13(2)27-14(3)11-17(15(27)4)19(28)26-9-7-25(8-10-26)18-6-5-16(12-24-18)20(21,22)23/h5-6,11-13H,7-10H2,1-4H3. The summed E-state index contributed by atoms with van der Waals surface area (Å²) in [6.07, 6.45) is -3.54. The summed E-state index contributed by atoms with van der Waals surface area (Å²) in [6.45, 7) is 10.2. The average molecular weight is 394 g/mol. The number of amides is 1. The fourth-order valence-electron chi connectivity index (χ4n) is 3.84. The number of carbonyl (C=O) groups is 1. The van der Waals surface area contributed by atoms with Gasteiger partial charge < -0.3 is 14.4 Å². The number of anilines is 1. The number of alkyl halides is 3. The van der Waals surface area contributed by atoms with Crippen molar-refractivity contribution in [3.8, 4) is 0 Å². The number of hydrogen-bond acceptors (Lipinski definition) is 3. The maximum absolute atomic E-state index is 13.0. The summed E-state index contributed by atoms with van der Waals surface area (Å²) in [7, 11) is 0. The van der Waals surface area contributed by atoms with Crippen molar-refractivity contribution in [2.45, 2.75) is 39.9 Å². The lowest BCUT2D eigenvalue weighted by Crippen LogP contribution is -2.49. The van der Waals surface area contributed by atoms with E-state index in [1.807, 2.05) is 24.8 Å². The predicted molar refractivity (Wildman–Crippen MR) is 102 cm³/mol. The van der Waals surface area contributed by atoms with E-state index in [1.165, 1.54) is 6.07 Å². The van der Waals surface area contributed by atoms with Gasteiger partial charge in [-0.05, 0) is 45.9 Å². The van der Waals surface area contributed by atoms with Gasteiger partial charge >= 0.3 is 6.18 Å². The van der Waals surface area contributed by atoms with Crippen LogP contribution in [0.25, 0.3) is 0 Å². The Labute approximate surface area is 162 Å². The van der Waals surface area contributed by atoms with Crippen LogP contribution in [0.1, 0.15) is 47.2 Å². The zero-order valence-corrected chi connectivity index (χ0v) is 16.5. The van der Waals surface area contributed by atoms with E-state index in [-0.39, 0.29) is 11.9 Å². The van der Waals surface area contributed by atoms with Gasteiger partial charge in [-0.3, -0.25) is 4.79 Å². The van der Waals surface area contributed by atoms with Crippen LogP contribution in [-0.2, 0) is 6.18 Å². The third-order valence-electron chi connectivity index (χ3n) is 5.20. The Kier molecular flexibility index (Phi) is 5.41. The zero-order valence-electron chi connectivity index (χ0n) is 16.5. The second kappa shape index (κ2) is 7.48. The Morgan fingerprint density at radius 1 is 1.11 bits per heavy atom. The van der Waals surface area contributed by atoms with Crippen LogP contribution >= 0.6 is 0 Å². The van der Waals surface area contributed by atoms with Gasteiger partial charge in [0.1, 0.15) is 5.82 Å². The topological polar surface area (TPSA) is 41.4 Å². The summed E-state index contributed by atoms with van der Waals surface area (Å²) in [6, 6.07) is 4.64. The van der Waals surface area contributed by atoms with Crippen LogP contribution in [0.4, 0.5) is 19.0 Å². The lowest BCUT2D eigenvalue weighted by atomic mass is 10.2. The van der Waals surface area contributed by atoms with Crippen molar-refractivity contribution in [2.24, 2.45) is 0 Å². The van der Waals surface area contributed by atoms with E-state index in [0.29, 0.717) is 37.6 Å². The van der Waals surface area contributed by atoms with Crippen LogP contribution in [0.3, 0.4) is 0 Å². The van der Waals surface area contributed by atoms with Crippen molar-refractivity contribution in [1.82, 2.24) is 14.5 Å². The Morgan fingerprint density at radius 3 is 2.21 bits per heavy atom. The minimum absolute atomic E-state index is 0.0000264. The highest BCUT2D eigenvalue weighted by Crippen LogP contribution is 2.29. The molecule has 0 N–H and O–H groups in total. The van der Waals surface area contributed by atoms with Crippen molar-refractivity contribution < 1.29 is 18.0 Å². The van der Waals surface area contributed by atoms with Gasteiger partial charge in [-0.1, -0.05) is 0 Å². The normalized spacial score (nSPS) is 15.4. The minimum atomic E-state index is -4.39. The quantitative estimate of drug-likeness (QED) is 0.788. The van der Waals surface area contributed by atoms with Gasteiger partial charge in [-0.2, -0.15) is 13.2 Å². The lowest BCUT2D eigenvalue weighted by Gasteiger charge is -2.35.